The van der Waals surface area contributed by atoms with E-state index in [1.807, 2.05) is 27.7 Å². The molecule has 0 unspecified atom stereocenters. The highest BCUT2D eigenvalue weighted by molar-refractivity contribution is 4.23. The molecule has 0 aliphatic carbocycles. The highest BCUT2D eigenvalue weighted by Crippen LogP contribution is 1.78. The molecule has 0 spiro atoms. The van der Waals surface area contributed by atoms with Crippen molar-refractivity contribution in [1.29, 1.82) is 0 Å². The molecular formula is C15H40O. The Kier molecular flexibility index (Phi) is 153. The summed E-state index contributed by atoms with van der Waals surface area (Å²) in [4.78, 5) is 0. The largest absolute Gasteiger partial charge is 0.396 e. The fourth-order valence-corrected chi connectivity index (χ4v) is 0.158. The van der Waals surface area contributed by atoms with Crippen molar-refractivity contribution in [2.24, 2.45) is 0 Å². The lowest BCUT2D eigenvalue weighted by atomic mass is 10.4. The van der Waals surface area contributed by atoms with E-state index in [1.165, 1.54) is 19.3 Å². The third kappa shape index (κ3) is 268. The molecule has 0 heterocycles. The van der Waals surface area contributed by atoms with Gasteiger partial charge in [0.1, 0.15) is 0 Å². The summed E-state index contributed by atoms with van der Waals surface area (Å²) in [5.41, 5.74) is 0. The van der Waals surface area contributed by atoms with Crippen LogP contribution < -0.4 is 0 Å². The van der Waals surface area contributed by atoms with Crippen LogP contribution in [0.2, 0.25) is 0 Å². The molecule has 0 bridgehead atoms. The standard InChI is InChI=1S/C4H10O.C4H10.C3H8.2C2H6/c1-2-3-4-5;1-3-4-2;1-3-2;2*1-2/h5H,2-4H2,1H3;3-4H2,1-2H3;3H2,1-2H3;2*1-2H3. The number of aliphatic hydroxyl groups is 1. The molecule has 0 aromatic heterocycles. The van der Waals surface area contributed by atoms with Gasteiger partial charge in [0.2, 0.25) is 0 Å². The van der Waals surface area contributed by atoms with Crippen LogP contribution >= 0.6 is 0 Å². The summed E-state index contributed by atoms with van der Waals surface area (Å²) in [5.74, 6) is 0. The van der Waals surface area contributed by atoms with E-state index in [2.05, 4.69) is 34.6 Å². The molecular weight excluding hydrogens is 196 g/mol. The highest BCUT2D eigenvalue weighted by atomic mass is 16.2. The van der Waals surface area contributed by atoms with Gasteiger partial charge in [0.05, 0.1) is 0 Å². The highest BCUT2D eigenvalue weighted by Gasteiger charge is 1.69. The predicted molar refractivity (Wildman–Crippen MR) is 81.2 cm³/mol. The summed E-state index contributed by atoms with van der Waals surface area (Å²) in [7, 11) is 0. The van der Waals surface area contributed by atoms with Crippen molar-refractivity contribution in [3.05, 3.63) is 0 Å². The smallest absolute Gasteiger partial charge is 0.0430 e. The lowest BCUT2D eigenvalue weighted by Crippen LogP contribution is -1.75. The first-order chi connectivity index (χ1) is 7.74. The monoisotopic (exact) mass is 236 g/mol. The normalized spacial score (nSPS) is 6.38. The van der Waals surface area contributed by atoms with E-state index in [0.717, 1.165) is 12.8 Å². The molecule has 106 valence electrons. The first kappa shape index (κ1) is 29.7. The third-order valence-corrected chi connectivity index (χ3v) is 1.01. The molecule has 1 nitrogen and oxygen atoms in total. The van der Waals surface area contributed by atoms with Crippen LogP contribution in [0.15, 0.2) is 0 Å². The SMILES string of the molecule is CC.CC.CCC.CCCC.CCCCO. The van der Waals surface area contributed by atoms with E-state index in [0.29, 0.717) is 6.61 Å². The summed E-state index contributed by atoms with van der Waals surface area (Å²) in [6, 6.07) is 0. The zero-order valence-corrected chi connectivity index (χ0v) is 13.7. The number of aliphatic hydroxyl groups excluding tert-OH is 1. The maximum Gasteiger partial charge on any atom is 0.0430 e. The minimum Gasteiger partial charge on any atom is -0.396 e. The van der Waals surface area contributed by atoms with E-state index in [4.69, 9.17) is 5.11 Å². The maximum atomic E-state index is 8.07. The molecule has 0 saturated carbocycles. The molecule has 0 aromatic rings. The minimum atomic E-state index is 0.344. The summed E-state index contributed by atoms with van der Waals surface area (Å²) in [6.45, 7) is 19.0. The van der Waals surface area contributed by atoms with Crippen molar-refractivity contribution in [3.63, 3.8) is 0 Å². The molecule has 0 saturated heterocycles. The van der Waals surface area contributed by atoms with Crippen LogP contribution in [0.3, 0.4) is 0 Å². The molecule has 0 fully saturated rings. The molecule has 0 aliphatic rings. The average Bonchev–Trinajstić information content (AvgIpc) is 2.36. The van der Waals surface area contributed by atoms with Gasteiger partial charge in [-0.15, -0.1) is 0 Å². The van der Waals surface area contributed by atoms with Gasteiger partial charge >= 0.3 is 0 Å². The van der Waals surface area contributed by atoms with Crippen molar-refractivity contribution in [2.45, 2.75) is 94.4 Å². The molecule has 1 N–H and O–H groups in total. The van der Waals surface area contributed by atoms with E-state index in [9.17, 15) is 0 Å². The van der Waals surface area contributed by atoms with Crippen LogP contribution in [0, 0.1) is 0 Å². The van der Waals surface area contributed by atoms with E-state index in [1.54, 1.807) is 0 Å². The van der Waals surface area contributed by atoms with Gasteiger partial charge in [-0.25, -0.2) is 0 Å². The number of hydrogen-bond donors (Lipinski definition) is 1. The van der Waals surface area contributed by atoms with E-state index < -0.39 is 0 Å². The molecule has 1 heteroatoms. The molecule has 0 aromatic carbocycles. The van der Waals surface area contributed by atoms with Gasteiger partial charge in [-0.1, -0.05) is 88.0 Å². The van der Waals surface area contributed by atoms with Gasteiger partial charge in [0.25, 0.3) is 0 Å². The van der Waals surface area contributed by atoms with Crippen molar-refractivity contribution in [1.82, 2.24) is 0 Å². The second kappa shape index (κ2) is 82.1. The van der Waals surface area contributed by atoms with Crippen LogP contribution in [0.4, 0.5) is 0 Å². The van der Waals surface area contributed by atoms with Crippen LogP contribution in [-0.4, -0.2) is 11.7 Å². The lowest BCUT2D eigenvalue weighted by Gasteiger charge is -1.79. The predicted octanol–water partition coefficient (Wildman–Crippen LogP) is 6.05. The summed E-state index contributed by atoms with van der Waals surface area (Å²) in [5, 5.41) is 8.07. The number of hydrogen-bond acceptors (Lipinski definition) is 1. The zero-order chi connectivity index (χ0) is 14.2. The fraction of sp³-hybridized carbons (Fsp3) is 1.00. The van der Waals surface area contributed by atoms with Crippen molar-refractivity contribution < 1.29 is 5.11 Å². The third-order valence-electron chi connectivity index (χ3n) is 1.01. The Hall–Kier alpha value is -0.0400. The minimum absolute atomic E-state index is 0.344. The quantitative estimate of drug-likeness (QED) is 0.632. The summed E-state index contributed by atoms with van der Waals surface area (Å²) >= 11 is 0. The summed E-state index contributed by atoms with van der Waals surface area (Å²) in [6.07, 6.45) is 5.93. The zero-order valence-electron chi connectivity index (χ0n) is 13.7. The molecule has 0 rings (SSSR count). The fourth-order valence-electron chi connectivity index (χ4n) is 0.158. The van der Waals surface area contributed by atoms with Gasteiger partial charge in [-0.2, -0.15) is 0 Å². The molecule has 0 atom stereocenters. The Balaban J connectivity index is -0.0000000334. The lowest BCUT2D eigenvalue weighted by molar-refractivity contribution is 0.287. The average molecular weight is 236 g/mol. The first-order valence-corrected chi connectivity index (χ1v) is 7.35. The number of rotatable bonds is 3. The Bertz CT molecular complexity index is 32.4. The topological polar surface area (TPSA) is 20.2 Å². The second-order valence-corrected chi connectivity index (χ2v) is 2.78. The molecule has 16 heavy (non-hydrogen) atoms. The maximum absolute atomic E-state index is 8.07. The van der Waals surface area contributed by atoms with Crippen molar-refractivity contribution in [2.75, 3.05) is 6.61 Å². The van der Waals surface area contributed by atoms with E-state index in [-0.39, 0.29) is 0 Å². The van der Waals surface area contributed by atoms with Gasteiger partial charge in [0.15, 0.2) is 0 Å². The Morgan fingerprint density at radius 3 is 0.875 bits per heavy atom. The van der Waals surface area contributed by atoms with Gasteiger partial charge in [0, 0.05) is 6.61 Å². The first-order valence-electron chi connectivity index (χ1n) is 7.35. The van der Waals surface area contributed by atoms with Crippen LogP contribution in [0.1, 0.15) is 94.4 Å². The van der Waals surface area contributed by atoms with Gasteiger partial charge < -0.3 is 5.11 Å². The van der Waals surface area contributed by atoms with Gasteiger partial charge in [-0.3, -0.25) is 0 Å². The molecule has 0 radical (unpaired) electrons. The van der Waals surface area contributed by atoms with Gasteiger partial charge in [-0.05, 0) is 6.42 Å². The molecule has 0 amide bonds. The Morgan fingerprint density at radius 2 is 0.875 bits per heavy atom. The van der Waals surface area contributed by atoms with Crippen LogP contribution in [0.5, 0.6) is 0 Å². The Morgan fingerprint density at radius 1 is 0.625 bits per heavy atom. The van der Waals surface area contributed by atoms with Crippen LogP contribution in [0.25, 0.3) is 0 Å². The van der Waals surface area contributed by atoms with Crippen LogP contribution in [-0.2, 0) is 0 Å². The van der Waals surface area contributed by atoms with Crippen molar-refractivity contribution in [3.8, 4) is 0 Å². The Labute approximate surface area is 107 Å². The second-order valence-electron chi connectivity index (χ2n) is 2.78. The molecule has 0 aliphatic heterocycles. The summed E-state index contributed by atoms with van der Waals surface area (Å²) < 4.78 is 0. The van der Waals surface area contributed by atoms with Crippen molar-refractivity contribution >= 4 is 0 Å². The van der Waals surface area contributed by atoms with E-state index >= 15 is 0 Å². The number of unbranched alkanes of at least 4 members (excludes halogenated alkanes) is 2.